The third-order valence-electron chi connectivity index (χ3n) is 10.4. The molecular weight excluding hydrogens is 627 g/mol. The van der Waals surface area contributed by atoms with Gasteiger partial charge in [0.1, 0.15) is 5.75 Å². The van der Waals surface area contributed by atoms with Gasteiger partial charge in [-0.05, 0) is 121 Å². The third-order valence-corrected chi connectivity index (χ3v) is 11.3. The summed E-state index contributed by atoms with van der Waals surface area (Å²) in [6.45, 7) is 5.24. The first kappa shape index (κ1) is 34.9. The maximum atomic E-state index is 13.6. The molecule has 2 aliphatic rings. The van der Waals surface area contributed by atoms with Crippen LogP contribution >= 0.6 is 11.3 Å². The van der Waals surface area contributed by atoms with Gasteiger partial charge in [-0.2, -0.15) is 0 Å². The predicted molar refractivity (Wildman–Crippen MR) is 200 cm³/mol. The summed E-state index contributed by atoms with van der Waals surface area (Å²) in [7, 11) is 1.65. The summed E-state index contributed by atoms with van der Waals surface area (Å²) in [6.07, 6.45) is 10.0. The second-order valence-electron chi connectivity index (χ2n) is 13.8. The van der Waals surface area contributed by atoms with Gasteiger partial charge in [-0.1, -0.05) is 67.8 Å². The van der Waals surface area contributed by atoms with Crippen molar-refractivity contribution in [3.63, 3.8) is 0 Å². The van der Waals surface area contributed by atoms with Crippen LogP contribution in [0.1, 0.15) is 71.3 Å². The van der Waals surface area contributed by atoms with E-state index < -0.39 is 0 Å². The minimum absolute atomic E-state index is 0.102. The molecule has 1 aromatic heterocycles. The molecule has 7 heteroatoms. The molecule has 1 N–H and O–H groups in total. The predicted octanol–water partition coefficient (Wildman–Crippen LogP) is 8.26. The average molecular weight is 678 g/mol. The number of benzene rings is 3. The molecule has 0 bridgehead atoms. The van der Waals surface area contributed by atoms with E-state index in [-0.39, 0.29) is 11.8 Å². The quantitative estimate of drug-likeness (QED) is 0.146. The number of rotatable bonds is 14. The van der Waals surface area contributed by atoms with E-state index in [1.165, 1.54) is 50.1 Å². The molecule has 6 nitrogen and oxygen atoms in total. The second-order valence-corrected chi connectivity index (χ2v) is 14.8. The molecule has 3 aromatic carbocycles. The summed E-state index contributed by atoms with van der Waals surface area (Å²) in [4.78, 5) is 32.6. The van der Waals surface area contributed by atoms with Crippen LogP contribution in [0.2, 0.25) is 0 Å². The highest BCUT2D eigenvalue weighted by atomic mass is 32.1. The van der Waals surface area contributed by atoms with Crippen molar-refractivity contribution in [3.05, 3.63) is 112 Å². The number of carbonyl (C=O) groups is 2. The Kier molecular flexibility index (Phi) is 12.6. The van der Waals surface area contributed by atoms with Crippen molar-refractivity contribution < 1.29 is 14.3 Å². The van der Waals surface area contributed by atoms with Crippen LogP contribution in [0.15, 0.2) is 90.3 Å². The molecule has 0 spiro atoms. The van der Waals surface area contributed by atoms with Crippen LogP contribution in [0, 0.1) is 11.8 Å². The molecule has 49 heavy (non-hydrogen) atoms. The Morgan fingerprint density at radius 3 is 2.27 bits per heavy atom. The van der Waals surface area contributed by atoms with Crippen molar-refractivity contribution in [1.29, 1.82) is 0 Å². The van der Waals surface area contributed by atoms with E-state index in [4.69, 9.17) is 4.74 Å². The highest BCUT2D eigenvalue weighted by molar-refractivity contribution is 7.09. The molecule has 0 aliphatic carbocycles. The van der Waals surface area contributed by atoms with Gasteiger partial charge in [0.15, 0.2) is 0 Å². The van der Waals surface area contributed by atoms with Gasteiger partial charge < -0.3 is 19.9 Å². The monoisotopic (exact) mass is 677 g/mol. The molecule has 2 aliphatic heterocycles. The Hall–Kier alpha value is -3.94. The fourth-order valence-corrected chi connectivity index (χ4v) is 8.09. The molecular formula is C42H51N3O3S. The van der Waals surface area contributed by atoms with E-state index in [2.05, 4.69) is 58.1 Å². The molecule has 0 unspecified atom stereocenters. The number of ether oxygens (including phenoxy) is 1. The number of hydrogen-bond donors (Lipinski definition) is 1. The molecule has 258 valence electrons. The third kappa shape index (κ3) is 10.1. The number of nitrogens with zero attached hydrogens (tertiary/aromatic N) is 2. The van der Waals surface area contributed by atoms with E-state index in [1.54, 1.807) is 18.4 Å². The summed E-state index contributed by atoms with van der Waals surface area (Å²) in [5, 5.41) is 5.56. The number of methoxy groups -OCH3 is 1. The van der Waals surface area contributed by atoms with Crippen molar-refractivity contribution in [3.8, 4) is 16.9 Å². The summed E-state index contributed by atoms with van der Waals surface area (Å²) in [5.74, 6) is 2.67. The highest BCUT2D eigenvalue weighted by Gasteiger charge is 2.24. The van der Waals surface area contributed by atoms with Crippen LogP contribution < -0.4 is 10.1 Å². The fraction of sp³-hybridized carbons (Fsp3) is 0.429. The van der Waals surface area contributed by atoms with E-state index >= 15 is 0 Å². The molecule has 3 heterocycles. The SMILES string of the molecule is COc1ccc(CC(=O)N(CCc2cccs2)Cc2cccc(-c3cccc(C(=O)N4CCC(CCCC5CCNCC5)CC4)c3)c2)cc1. The smallest absolute Gasteiger partial charge is 0.253 e. The summed E-state index contributed by atoms with van der Waals surface area (Å²) >= 11 is 1.73. The van der Waals surface area contributed by atoms with Crippen molar-refractivity contribution in [2.75, 3.05) is 39.8 Å². The highest BCUT2D eigenvalue weighted by Crippen LogP contribution is 2.28. The number of thiophene rings is 1. The number of hydrogen-bond acceptors (Lipinski definition) is 5. The van der Waals surface area contributed by atoms with Crippen molar-refractivity contribution in [2.45, 2.75) is 64.3 Å². The van der Waals surface area contributed by atoms with Crippen LogP contribution in [0.3, 0.4) is 0 Å². The molecule has 2 saturated heterocycles. The first-order chi connectivity index (χ1) is 24.0. The average Bonchev–Trinajstić information content (AvgIpc) is 3.68. The standard InChI is InChI=1S/C42H51N3O3S/c1-48-39-15-13-34(14-16-39)29-41(46)45(26-21-40-12-5-27-49-40)31-35-8-3-9-36(28-35)37-10-4-11-38(30-37)42(47)44-24-19-33(20-25-44)7-2-6-32-17-22-43-23-18-32/h3-5,8-16,27-28,30,32-33,43H,2,6-7,17-26,29,31H2,1H3. The Morgan fingerprint density at radius 1 is 0.837 bits per heavy atom. The maximum absolute atomic E-state index is 13.6. The van der Waals surface area contributed by atoms with Crippen LogP contribution in [-0.2, 0) is 24.2 Å². The van der Waals surface area contributed by atoms with Gasteiger partial charge in [0.2, 0.25) is 5.91 Å². The number of piperidine rings is 2. The zero-order valence-corrected chi connectivity index (χ0v) is 29.8. The molecule has 6 rings (SSSR count). The van der Waals surface area contributed by atoms with Gasteiger partial charge in [-0.15, -0.1) is 11.3 Å². The maximum Gasteiger partial charge on any atom is 0.253 e. The van der Waals surface area contributed by atoms with Crippen molar-refractivity contribution in [1.82, 2.24) is 15.1 Å². The first-order valence-electron chi connectivity index (χ1n) is 18.2. The number of carbonyl (C=O) groups excluding carboxylic acids is 2. The van der Waals surface area contributed by atoms with Crippen molar-refractivity contribution >= 4 is 23.2 Å². The van der Waals surface area contributed by atoms with E-state index in [1.807, 2.05) is 47.4 Å². The van der Waals surface area contributed by atoms with Crippen LogP contribution in [0.25, 0.3) is 11.1 Å². The second kappa shape index (κ2) is 17.6. The zero-order chi connectivity index (χ0) is 33.8. The minimum atomic E-state index is 0.102. The lowest BCUT2D eigenvalue weighted by Crippen LogP contribution is -2.38. The summed E-state index contributed by atoms with van der Waals surface area (Å²) in [6, 6.07) is 28.4. The zero-order valence-electron chi connectivity index (χ0n) is 28.9. The van der Waals surface area contributed by atoms with E-state index in [9.17, 15) is 9.59 Å². The molecule has 0 atom stereocenters. The molecule has 2 fully saturated rings. The van der Waals surface area contributed by atoms with E-state index in [0.717, 1.165) is 77.8 Å². The minimum Gasteiger partial charge on any atom is -0.497 e. The van der Waals surface area contributed by atoms with Crippen LogP contribution in [0.4, 0.5) is 0 Å². The van der Waals surface area contributed by atoms with Gasteiger partial charge in [0.25, 0.3) is 5.91 Å². The summed E-state index contributed by atoms with van der Waals surface area (Å²) in [5.41, 5.74) is 4.87. The molecule has 0 radical (unpaired) electrons. The number of likely N-dealkylation sites (tertiary alicyclic amines) is 1. The topological polar surface area (TPSA) is 61.9 Å². The van der Waals surface area contributed by atoms with Gasteiger partial charge in [-0.25, -0.2) is 0 Å². The lowest BCUT2D eigenvalue weighted by Gasteiger charge is -2.32. The van der Waals surface area contributed by atoms with Gasteiger partial charge in [0, 0.05) is 36.6 Å². The first-order valence-corrected chi connectivity index (χ1v) is 19.0. The van der Waals surface area contributed by atoms with Crippen LogP contribution in [0.5, 0.6) is 5.75 Å². The Morgan fingerprint density at radius 2 is 1.55 bits per heavy atom. The molecule has 0 saturated carbocycles. The van der Waals surface area contributed by atoms with Gasteiger partial charge in [-0.3, -0.25) is 9.59 Å². The fourth-order valence-electron chi connectivity index (χ4n) is 7.40. The molecule has 2 amide bonds. The number of nitrogens with one attached hydrogen (secondary N) is 1. The van der Waals surface area contributed by atoms with Gasteiger partial charge >= 0.3 is 0 Å². The lowest BCUT2D eigenvalue weighted by atomic mass is 9.87. The van der Waals surface area contributed by atoms with Gasteiger partial charge in [0.05, 0.1) is 13.5 Å². The van der Waals surface area contributed by atoms with Crippen LogP contribution in [-0.4, -0.2) is 61.4 Å². The van der Waals surface area contributed by atoms with Crippen molar-refractivity contribution in [2.24, 2.45) is 11.8 Å². The molecule has 4 aromatic rings. The largest absolute Gasteiger partial charge is 0.497 e. The summed E-state index contributed by atoms with van der Waals surface area (Å²) < 4.78 is 5.29. The Balaban J connectivity index is 1.07. The lowest BCUT2D eigenvalue weighted by molar-refractivity contribution is -0.131. The van der Waals surface area contributed by atoms with E-state index in [0.29, 0.717) is 19.5 Å². The Labute approximate surface area is 296 Å². The number of amides is 2. The Bertz CT molecular complexity index is 1620. The normalized spacial score (nSPS) is 15.7.